The van der Waals surface area contributed by atoms with Gasteiger partial charge in [-0.2, -0.15) is 0 Å². The zero-order valence-corrected chi connectivity index (χ0v) is 16.6. The van der Waals surface area contributed by atoms with E-state index in [2.05, 4.69) is 75.6 Å². The maximum Gasteiger partial charge on any atom is 2.00 e. The van der Waals surface area contributed by atoms with Gasteiger partial charge in [0.25, 0.3) is 0 Å². The van der Waals surface area contributed by atoms with Crippen molar-refractivity contribution in [3.63, 3.8) is 0 Å². The number of hydrogen-bond acceptors (Lipinski definition) is 1. The molecule has 2 aromatic carbocycles. The Morgan fingerprint density at radius 3 is 1.89 bits per heavy atom. The van der Waals surface area contributed by atoms with Crippen molar-refractivity contribution in [2.45, 2.75) is 12.8 Å². The fourth-order valence-corrected chi connectivity index (χ4v) is 3.59. The summed E-state index contributed by atoms with van der Waals surface area (Å²) in [5.74, 6) is 2.91. The Morgan fingerprint density at radius 1 is 0.679 bits per heavy atom. The number of phenolic OH excluding ortho intramolecular Hbond substituents is 1. The normalized spacial score (nSPS) is 18.7. The smallest absolute Gasteiger partial charge is 0.508 e. The fourth-order valence-electron chi connectivity index (χ4n) is 3.59. The maximum atomic E-state index is 9.74. The second-order valence-electron chi connectivity index (χ2n) is 6.73. The van der Waals surface area contributed by atoms with E-state index in [1.807, 2.05) is 18.2 Å². The molecule has 2 fully saturated rings. The number of benzene rings is 2. The standard InChI is InChI=1S/C26H22O.Fe/c27-24-17-15-23(16-18-24)26(22-12-2-1-3-13-22)25(21-10-6-7-11-21)19-14-20-8-4-5-9-20;/h1-13,15-18,27H,14,19H2;/q;+2/b26-25+;. The van der Waals surface area contributed by atoms with Crippen LogP contribution >= 0.6 is 0 Å². The van der Waals surface area contributed by atoms with Gasteiger partial charge in [-0.15, -0.1) is 0 Å². The van der Waals surface area contributed by atoms with Crippen molar-refractivity contribution in [2.75, 3.05) is 0 Å². The summed E-state index contributed by atoms with van der Waals surface area (Å²) in [6.45, 7) is 0. The van der Waals surface area contributed by atoms with Crippen LogP contribution in [0.1, 0.15) is 24.0 Å². The molecule has 1 nitrogen and oxygen atoms in total. The molecule has 0 spiro atoms. The van der Waals surface area contributed by atoms with E-state index in [0.717, 1.165) is 18.4 Å². The van der Waals surface area contributed by atoms with Crippen LogP contribution in [-0.4, -0.2) is 5.11 Å². The van der Waals surface area contributed by atoms with Crippen LogP contribution < -0.4 is 0 Å². The van der Waals surface area contributed by atoms with Gasteiger partial charge in [0.1, 0.15) is 5.75 Å². The van der Waals surface area contributed by atoms with E-state index in [4.69, 9.17) is 0 Å². The third-order valence-electron chi connectivity index (χ3n) is 4.93. The van der Waals surface area contributed by atoms with E-state index in [1.165, 1.54) is 28.5 Å². The van der Waals surface area contributed by atoms with Gasteiger partial charge in [0.15, 0.2) is 0 Å². The first-order chi connectivity index (χ1) is 13.3. The SMILES string of the molecule is Oc1ccc(/C(=C(\CC[C]2[CH][CH][CH][CH]2)[C]2[CH][CH][CH][CH]2)c2ccccc2)cc1.[Fe+2]. The van der Waals surface area contributed by atoms with Gasteiger partial charge < -0.3 is 5.11 Å². The molecule has 2 saturated carbocycles. The van der Waals surface area contributed by atoms with Crippen LogP contribution in [-0.2, 0) is 17.1 Å². The molecule has 2 aliphatic rings. The zero-order valence-electron chi connectivity index (χ0n) is 15.5. The number of rotatable bonds is 6. The minimum absolute atomic E-state index is 0. The maximum absolute atomic E-state index is 9.74. The van der Waals surface area contributed by atoms with Gasteiger partial charge in [-0.05, 0) is 99.0 Å². The third-order valence-corrected chi connectivity index (χ3v) is 4.93. The van der Waals surface area contributed by atoms with Crippen LogP contribution in [0, 0.1) is 63.2 Å². The molecule has 28 heavy (non-hydrogen) atoms. The van der Waals surface area contributed by atoms with Crippen molar-refractivity contribution in [3.8, 4) is 5.75 Å². The molecule has 4 rings (SSSR count). The zero-order chi connectivity index (χ0) is 18.5. The first kappa shape index (κ1) is 21.2. The summed E-state index contributed by atoms with van der Waals surface area (Å²) in [6, 6.07) is 18.1. The van der Waals surface area contributed by atoms with Crippen molar-refractivity contribution in [2.24, 2.45) is 0 Å². The Bertz CT molecular complexity index is 751. The van der Waals surface area contributed by atoms with Crippen LogP contribution in [0.3, 0.4) is 0 Å². The molecule has 0 atom stereocenters. The molecule has 2 aliphatic carbocycles. The van der Waals surface area contributed by atoms with Crippen LogP contribution in [0.5, 0.6) is 5.75 Å². The number of phenols is 1. The second kappa shape index (κ2) is 10.3. The number of allylic oxidation sites excluding steroid dienone is 1. The Balaban J connectivity index is 0.00000225. The second-order valence-corrected chi connectivity index (χ2v) is 6.73. The summed E-state index contributed by atoms with van der Waals surface area (Å²) in [5.41, 5.74) is 4.88. The topological polar surface area (TPSA) is 20.2 Å². The third kappa shape index (κ3) is 5.10. The van der Waals surface area contributed by atoms with Gasteiger partial charge in [-0.25, -0.2) is 0 Å². The molecular weight excluding hydrogens is 384 g/mol. The quantitative estimate of drug-likeness (QED) is 0.603. The Kier molecular flexibility index (Phi) is 7.82. The summed E-state index contributed by atoms with van der Waals surface area (Å²) in [5, 5.41) is 9.74. The van der Waals surface area contributed by atoms with E-state index >= 15 is 0 Å². The van der Waals surface area contributed by atoms with E-state index in [9.17, 15) is 5.11 Å². The average Bonchev–Trinajstić information content (AvgIpc) is 3.41. The monoisotopic (exact) mass is 406 g/mol. The number of aromatic hydroxyl groups is 1. The largest absolute Gasteiger partial charge is 2.00 e. The first-order valence-electron chi connectivity index (χ1n) is 9.32. The van der Waals surface area contributed by atoms with E-state index in [0.29, 0.717) is 0 Å². The molecule has 0 bridgehead atoms. The summed E-state index contributed by atoms with van der Waals surface area (Å²) >= 11 is 0. The molecule has 2 heteroatoms. The minimum Gasteiger partial charge on any atom is -0.508 e. The van der Waals surface area contributed by atoms with Gasteiger partial charge in [0, 0.05) is 5.92 Å². The molecule has 10 radical (unpaired) electrons. The van der Waals surface area contributed by atoms with Crippen molar-refractivity contribution in [1.82, 2.24) is 0 Å². The average molecular weight is 406 g/mol. The van der Waals surface area contributed by atoms with Gasteiger partial charge >= 0.3 is 17.1 Å². The predicted molar refractivity (Wildman–Crippen MR) is 111 cm³/mol. The predicted octanol–water partition coefficient (Wildman–Crippen LogP) is 5.78. The van der Waals surface area contributed by atoms with Crippen molar-refractivity contribution >= 4 is 5.57 Å². The first-order valence-corrected chi connectivity index (χ1v) is 9.32. The fraction of sp³-hybridized carbons (Fsp3) is 0.0769. The molecule has 138 valence electrons. The minimum atomic E-state index is 0. The Labute approximate surface area is 180 Å². The molecule has 0 saturated heterocycles. The molecule has 2 aromatic rings. The summed E-state index contributed by atoms with van der Waals surface area (Å²) in [4.78, 5) is 0. The van der Waals surface area contributed by atoms with Crippen LogP contribution in [0.15, 0.2) is 60.2 Å². The van der Waals surface area contributed by atoms with Crippen LogP contribution in [0.25, 0.3) is 5.57 Å². The van der Waals surface area contributed by atoms with Crippen LogP contribution in [0.2, 0.25) is 0 Å². The van der Waals surface area contributed by atoms with Gasteiger partial charge in [0.05, 0.1) is 0 Å². The summed E-state index contributed by atoms with van der Waals surface area (Å²) < 4.78 is 0. The van der Waals surface area contributed by atoms with E-state index < -0.39 is 0 Å². The molecule has 0 aliphatic heterocycles. The Morgan fingerprint density at radius 2 is 1.25 bits per heavy atom. The van der Waals surface area contributed by atoms with E-state index in [1.54, 1.807) is 12.1 Å². The molecular formula is C26H22FeO+2. The van der Waals surface area contributed by atoms with Gasteiger partial charge in [-0.3, -0.25) is 0 Å². The van der Waals surface area contributed by atoms with Crippen molar-refractivity contribution in [3.05, 3.63) is 134 Å². The molecule has 0 amide bonds. The van der Waals surface area contributed by atoms with Crippen molar-refractivity contribution < 1.29 is 22.2 Å². The summed E-state index contributed by atoms with van der Waals surface area (Å²) in [6.07, 6.45) is 19.1. The molecule has 0 heterocycles. The summed E-state index contributed by atoms with van der Waals surface area (Å²) in [7, 11) is 0. The van der Waals surface area contributed by atoms with Gasteiger partial charge in [0.2, 0.25) is 0 Å². The molecule has 0 unspecified atom stereocenters. The molecule has 1 N–H and O–H groups in total. The van der Waals surface area contributed by atoms with Gasteiger partial charge in [-0.1, -0.05) is 48.0 Å². The Hall–Kier alpha value is -1.50. The number of hydrogen-bond donors (Lipinski definition) is 1. The van der Waals surface area contributed by atoms with Crippen LogP contribution in [0.4, 0.5) is 0 Å². The van der Waals surface area contributed by atoms with E-state index in [-0.39, 0.29) is 22.8 Å². The van der Waals surface area contributed by atoms with Crippen molar-refractivity contribution in [1.29, 1.82) is 0 Å². The molecule has 0 aromatic heterocycles.